The molecule has 4 nitrogen and oxygen atoms in total. The average Bonchev–Trinajstić information content (AvgIpc) is 2.92. The Balaban J connectivity index is 2.13. The number of carbonyl (C=O) groups is 1. The summed E-state index contributed by atoms with van der Waals surface area (Å²) in [5, 5.41) is 10.2. The zero-order chi connectivity index (χ0) is 17.3. The standard InChI is InChI=1S/C20H21NO3/c1-20(2,3)13-24-18-11-7-6-10-17(18)21-12-15(19(22)23)14-8-4-5-9-16(14)21/h4-12H,13H2,1-3H3,(H,22,23). The van der Waals surface area contributed by atoms with Crippen LogP contribution in [0.1, 0.15) is 31.1 Å². The van der Waals surface area contributed by atoms with Crippen LogP contribution in [0.25, 0.3) is 16.6 Å². The van der Waals surface area contributed by atoms with Gasteiger partial charge in [-0.1, -0.05) is 51.1 Å². The first kappa shape index (κ1) is 16.1. The van der Waals surface area contributed by atoms with Crippen LogP contribution in [0.5, 0.6) is 5.75 Å². The van der Waals surface area contributed by atoms with Crippen molar-refractivity contribution in [2.45, 2.75) is 20.8 Å². The fraction of sp³-hybridized carbons (Fsp3) is 0.250. The molecule has 0 fully saturated rings. The van der Waals surface area contributed by atoms with Gasteiger partial charge in [0.05, 0.1) is 23.4 Å². The summed E-state index contributed by atoms with van der Waals surface area (Å²) in [5.74, 6) is -0.192. The smallest absolute Gasteiger partial charge is 0.337 e. The maximum Gasteiger partial charge on any atom is 0.337 e. The van der Waals surface area contributed by atoms with E-state index in [1.807, 2.05) is 53.1 Å². The van der Waals surface area contributed by atoms with E-state index in [0.717, 1.165) is 22.3 Å². The first-order chi connectivity index (χ1) is 11.4. The third-order valence-corrected chi connectivity index (χ3v) is 3.73. The second kappa shape index (κ2) is 6.04. The Kier molecular flexibility index (Phi) is 4.06. The predicted molar refractivity (Wildman–Crippen MR) is 95.2 cm³/mol. The lowest BCUT2D eigenvalue weighted by Gasteiger charge is -2.20. The number of aromatic nitrogens is 1. The average molecular weight is 323 g/mol. The molecule has 3 rings (SSSR count). The van der Waals surface area contributed by atoms with Gasteiger partial charge >= 0.3 is 5.97 Å². The Morgan fingerprint density at radius 3 is 2.46 bits per heavy atom. The minimum atomic E-state index is -0.932. The van der Waals surface area contributed by atoms with Crippen molar-refractivity contribution in [3.63, 3.8) is 0 Å². The highest BCUT2D eigenvalue weighted by Gasteiger charge is 2.18. The van der Waals surface area contributed by atoms with E-state index in [-0.39, 0.29) is 11.0 Å². The summed E-state index contributed by atoms with van der Waals surface area (Å²) in [6, 6.07) is 15.2. The Morgan fingerprint density at radius 1 is 1.08 bits per heavy atom. The van der Waals surface area contributed by atoms with Crippen LogP contribution in [0.15, 0.2) is 54.7 Å². The molecular weight excluding hydrogens is 302 g/mol. The number of fused-ring (bicyclic) bond motifs is 1. The zero-order valence-corrected chi connectivity index (χ0v) is 14.1. The van der Waals surface area contributed by atoms with Gasteiger partial charge in [0.15, 0.2) is 0 Å². The van der Waals surface area contributed by atoms with E-state index in [1.165, 1.54) is 0 Å². The summed E-state index contributed by atoms with van der Waals surface area (Å²) in [4.78, 5) is 11.6. The Hall–Kier alpha value is -2.75. The summed E-state index contributed by atoms with van der Waals surface area (Å²) in [5.41, 5.74) is 2.02. The van der Waals surface area contributed by atoms with E-state index in [0.29, 0.717) is 6.61 Å². The van der Waals surface area contributed by atoms with Crippen molar-refractivity contribution in [1.29, 1.82) is 0 Å². The van der Waals surface area contributed by atoms with Crippen molar-refractivity contribution < 1.29 is 14.6 Å². The van der Waals surface area contributed by atoms with Gasteiger partial charge in [-0.15, -0.1) is 0 Å². The highest BCUT2D eigenvalue weighted by Crippen LogP contribution is 2.30. The maximum atomic E-state index is 11.6. The van der Waals surface area contributed by atoms with E-state index in [2.05, 4.69) is 20.8 Å². The number of ether oxygens (including phenoxy) is 1. The molecule has 0 bridgehead atoms. The van der Waals surface area contributed by atoms with Gasteiger partial charge < -0.3 is 14.4 Å². The lowest BCUT2D eigenvalue weighted by molar-refractivity contribution is 0.0699. The normalized spacial score (nSPS) is 11.6. The number of carboxylic acids is 1. The van der Waals surface area contributed by atoms with Crippen LogP contribution in [-0.4, -0.2) is 22.2 Å². The number of rotatable bonds is 4. The second-order valence-corrected chi connectivity index (χ2v) is 7.05. The quantitative estimate of drug-likeness (QED) is 0.753. The molecule has 0 aliphatic rings. The van der Waals surface area contributed by atoms with Gasteiger partial charge in [0.2, 0.25) is 0 Å². The third kappa shape index (κ3) is 3.13. The number of para-hydroxylation sites is 3. The molecule has 24 heavy (non-hydrogen) atoms. The van der Waals surface area contributed by atoms with Crippen molar-refractivity contribution in [2.75, 3.05) is 6.61 Å². The number of hydrogen-bond donors (Lipinski definition) is 1. The van der Waals surface area contributed by atoms with Crippen LogP contribution in [0.3, 0.4) is 0 Å². The molecule has 1 heterocycles. The Labute approximate surface area is 141 Å². The molecule has 0 atom stereocenters. The number of benzene rings is 2. The zero-order valence-electron chi connectivity index (χ0n) is 14.1. The lowest BCUT2D eigenvalue weighted by Crippen LogP contribution is -2.17. The number of carboxylic acid groups (broad SMARTS) is 1. The van der Waals surface area contributed by atoms with Crippen LogP contribution in [0.4, 0.5) is 0 Å². The van der Waals surface area contributed by atoms with E-state index < -0.39 is 5.97 Å². The summed E-state index contributed by atoms with van der Waals surface area (Å²) >= 11 is 0. The van der Waals surface area contributed by atoms with Crippen LogP contribution in [-0.2, 0) is 0 Å². The number of aromatic carboxylic acids is 1. The topological polar surface area (TPSA) is 51.5 Å². The molecule has 0 amide bonds. The third-order valence-electron chi connectivity index (χ3n) is 3.73. The van der Waals surface area contributed by atoms with Crippen molar-refractivity contribution in [2.24, 2.45) is 5.41 Å². The molecule has 2 aromatic carbocycles. The van der Waals surface area contributed by atoms with Gasteiger partial charge in [-0.05, 0) is 23.6 Å². The van der Waals surface area contributed by atoms with Gasteiger partial charge in [-0.25, -0.2) is 4.79 Å². The van der Waals surface area contributed by atoms with E-state index in [1.54, 1.807) is 6.20 Å². The van der Waals surface area contributed by atoms with E-state index in [9.17, 15) is 9.90 Å². The highest BCUT2D eigenvalue weighted by molar-refractivity contribution is 6.04. The molecule has 1 aromatic heterocycles. The molecule has 0 saturated heterocycles. The van der Waals surface area contributed by atoms with Crippen molar-refractivity contribution >= 4 is 16.9 Å². The predicted octanol–water partition coefficient (Wildman–Crippen LogP) is 4.75. The van der Waals surface area contributed by atoms with E-state index in [4.69, 9.17) is 4.74 Å². The van der Waals surface area contributed by atoms with Crippen LogP contribution >= 0.6 is 0 Å². The maximum absolute atomic E-state index is 11.6. The van der Waals surface area contributed by atoms with Gasteiger partial charge in [-0.3, -0.25) is 0 Å². The molecule has 0 aliphatic heterocycles. The summed E-state index contributed by atoms with van der Waals surface area (Å²) in [7, 11) is 0. The first-order valence-corrected chi connectivity index (χ1v) is 7.92. The largest absolute Gasteiger partial charge is 0.491 e. The monoisotopic (exact) mass is 323 g/mol. The van der Waals surface area contributed by atoms with Crippen molar-refractivity contribution in [3.05, 3.63) is 60.3 Å². The summed E-state index contributed by atoms with van der Waals surface area (Å²) in [6.07, 6.45) is 1.66. The molecule has 1 N–H and O–H groups in total. The highest BCUT2D eigenvalue weighted by atomic mass is 16.5. The van der Waals surface area contributed by atoms with E-state index >= 15 is 0 Å². The molecule has 0 saturated carbocycles. The molecule has 4 heteroatoms. The molecule has 0 spiro atoms. The summed E-state index contributed by atoms with van der Waals surface area (Å²) < 4.78 is 7.89. The molecule has 3 aromatic rings. The fourth-order valence-electron chi connectivity index (χ4n) is 2.62. The number of hydrogen-bond acceptors (Lipinski definition) is 2. The van der Waals surface area contributed by atoms with Gasteiger partial charge in [0.1, 0.15) is 5.75 Å². The summed E-state index contributed by atoms with van der Waals surface area (Å²) in [6.45, 7) is 6.92. The molecule has 0 aliphatic carbocycles. The van der Waals surface area contributed by atoms with Crippen molar-refractivity contribution in [1.82, 2.24) is 4.57 Å². The number of nitrogens with zero attached hydrogens (tertiary/aromatic N) is 1. The molecule has 124 valence electrons. The van der Waals surface area contributed by atoms with Crippen LogP contribution in [0.2, 0.25) is 0 Å². The first-order valence-electron chi connectivity index (χ1n) is 7.92. The molecule has 0 radical (unpaired) electrons. The Bertz CT molecular complexity index is 887. The van der Waals surface area contributed by atoms with Crippen molar-refractivity contribution in [3.8, 4) is 11.4 Å². The lowest BCUT2D eigenvalue weighted by atomic mass is 9.99. The van der Waals surface area contributed by atoms with Gasteiger partial charge in [-0.2, -0.15) is 0 Å². The van der Waals surface area contributed by atoms with Gasteiger partial charge in [0, 0.05) is 11.6 Å². The van der Waals surface area contributed by atoms with Gasteiger partial charge in [0.25, 0.3) is 0 Å². The SMILES string of the molecule is CC(C)(C)COc1ccccc1-n1cc(C(=O)O)c2ccccc21. The minimum absolute atomic E-state index is 0.0398. The van der Waals surface area contributed by atoms with Crippen LogP contribution < -0.4 is 4.74 Å². The molecule has 0 unspecified atom stereocenters. The second-order valence-electron chi connectivity index (χ2n) is 7.05. The minimum Gasteiger partial charge on any atom is -0.491 e. The Morgan fingerprint density at radius 2 is 1.75 bits per heavy atom. The fourth-order valence-corrected chi connectivity index (χ4v) is 2.62. The molecular formula is C20H21NO3. The van der Waals surface area contributed by atoms with Crippen LogP contribution in [0, 0.1) is 5.41 Å².